The molecule has 2 aliphatic rings. The zero-order valence-corrected chi connectivity index (χ0v) is 23.3. The molecule has 0 radical (unpaired) electrons. The van der Waals surface area contributed by atoms with Crippen molar-refractivity contribution in [1.82, 2.24) is 0 Å². The number of fused-ring (bicyclic) bond motifs is 2. The molecule has 0 N–H and O–H groups in total. The van der Waals surface area contributed by atoms with Crippen LogP contribution in [-0.4, -0.2) is 16.1 Å². The number of allylic oxidation sites excluding steroid dienone is 2. The van der Waals surface area contributed by atoms with E-state index in [0.717, 1.165) is 0 Å². The van der Waals surface area contributed by atoms with Gasteiger partial charge in [-0.2, -0.15) is 0 Å². The first-order valence-corrected chi connectivity index (χ1v) is 18.9. The minimum atomic E-state index is -1.35. The lowest BCUT2D eigenvalue weighted by molar-refractivity contribution is 0.275. The molecule has 0 aliphatic heterocycles. The number of rotatable bonds is 4. The van der Waals surface area contributed by atoms with Gasteiger partial charge in [-0.25, -0.2) is 0 Å². The van der Waals surface area contributed by atoms with Gasteiger partial charge in [0, 0.05) is 11.8 Å². The van der Waals surface area contributed by atoms with E-state index in [9.17, 15) is 0 Å². The Morgan fingerprint density at radius 1 is 0.613 bits per heavy atom. The van der Waals surface area contributed by atoms with E-state index in [0.29, 0.717) is 11.8 Å². The summed E-state index contributed by atoms with van der Waals surface area (Å²) in [6, 6.07) is 14.7. The van der Waals surface area contributed by atoms with Gasteiger partial charge in [0.2, 0.25) is 0 Å². The minimum Gasteiger partial charge on any atom is -0.0656 e. The molecule has 2 unspecified atom stereocenters. The van der Waals surface area contributed by atoms with E-state index in [1.54, 1.807) is 21.5 Å². The first-order chi connectivity index (χ1) is 14.2. The Hall–Kier alpha value is -1.65. The normalized spacial score (nSPS) is 21.0. The molecule has 0 bridgehead atoms. The SMILES string of the molecule is CC1=Cc2ccc([Si](C)(C)C)cc2C1C(C)(C)C1C(C)=Cc2ccc([Si](C)(C)C)cc21. The smallest absolute Gasteiger partial charge is 0.0656 e. The predicted molar refractivity (Wildman–Crippen MR) is 145 cm³/mol. The van der Waals surface area contributed by atoms with Crippen LogP contribution < -0.4 is 10.4 Å². The predicted octanol–water partition coefficient (Wildman–Crippen LogP) is 7.50. The first kappa shape index (κ1) is 22.5. The van der Waals surface area contributed by atoms with Crippen LogP contribution in [0, 0.1) is 5.41 Å². The van der Waals surface area contributed by atoms with Crippen LogP contribution in [0.5, 0.6) is 0 Å². The van der Waals surface area contributed by atoms with Gasteiger partial charge in [-0.1, -0.05) is 123 Å². The Morgan fingerprint density at radius 2 is 0.968 bits per heavy atom. The van der Waals surface area contributed by atoms with Gasteiger partial charge in [0.25, 0.3) is 0 Å². The number of benzene rings is 2. The molecule has 0 fully saturated rings. The molecule has 0 saturated carbocycles. The largest absolute Gasteiger partial charge is 0.0776 e. The third-order valence-electron chi connectivity index (χ3n) is 7.69. The monoisotopic (exact) mass is 444 g/mol. The summed E-state index contributed by atoms with van der Waals surface area (Å²) in [6.07, 6.45) is 4.90. The molecule has 2 heteroatoms. The average Bonchev–Trinajstić information content (AvgIpc) is 3.14. The van der Waals surface area contributed by atoms with Gasteiger partial charge in [0.05, 0.1) is 16.1 Å². The summed E-state index contributed by atoms with van der Waals surface area (Å²) in [5.74, 6) is 0.933. The molecule has 2 atom stereocenters. The van der Waals surface area contributed by atoms with E-state index in [1.807, 2.05) is 0 Å². The van der Waals surface area contributed by atoms with E-state index in [4.69, 9.17) is 0 Å². The lowest BCUT2D eigenvalue weighted by Crippen LogP contribution is -2.39. The second kappa shape index (κ2) is 7.18. The quantitative estimate of drug-likeness (QED) is 0.428. The van der Waals surface area contributed by atoms with E-state index >= 15 is 0 Å². The van der Waals surface area contributed by atoms with Crippen LogP contribution in [0.3, 0.4) is 0 Å². The second-order valence-electron chi connectivity index (χ2n) is 12.7. The van der Waals surface area contributed by atoms with Crippen LogP contribution in [-0.2, 0) is 0 Å². The van der Waals surface area contributed by atoms with Gasteiger partial charge in [-0.15, -0.1) is 0 Å². The Kier molecular flexibility index (Phi) is 5.22. The molecule has 2 aromatic carbocycles. The highest BCUT2D eigenvalue weighted by Gasteiger charge is 2.45. The van der Waals surface area contributed by atoms with Gasteiger partial charge >= 0.3 is 0 Å². The van der Waals surface area contributed by atoms with Crippen LogP contribution in [0.25, 0.3) is 12.2 Å². The molecule has 0 amide bonds. The van der Waals surface area contributed by atoms with Crippen molar-refractivity contribution in [2.75, 3.05) is 0 Å². The van der Waals surface area contributed by atoms with Gasteiger partial charge in [0.15, 0.2) is 0 Å². The zero-order chi connectivity index (χ0) is 22.9. The standard InChI is InChI=1S/C29H40Si2/c1-19-15-21-11-13-23(30(5,6)7)17-25(21)27(19)29(3,4)28-20(2)16-22-12-14-24(18-26(22)28)31(8,9)10/h11-18,27-28H,1-10H3. The Balaban J connectivity index is 1.83. The van der Waals surface area contributed by atoms with Gasteiger partial charge in [-0.3, -0.25) is 0 Å². The van der Waals surface area contributed by atoms with E-state index in [-0.39, 0.29) is 5.41 Å². The van der Waals surface area contributed by atoms with Crippen molar-refractivity contribution in [3.05, 3.63) is 69.8 Å². The molecule has 0 aromatic heterocycles. The second-order valence-corrected chi connectivity index (χ2v) is 22.8. The molecule has 4 rings (SSSR count). The summed E-state index contributed by atoms with van der Waals surface area (Å²) in [4.78, 5) is 0. The highest BCUT2D eigenvalue weighted by atomic mass is 28.3. The zero-order valence-electron chi connectivity index (χ0n) is 21.3. The van der Waals surface area contributed by atoms with Crippen molar-refractivity contribution >= 4 is 38.7 Å². The van der Waals surface area contributed by atoms with Crippen LogP contribution in [0.2, 0.25) is 39.3 Å². The molecule has 164 valence electrons. The molecule has 0 spiro atoms. The average molecular weight is 445 g/mol. The maximum absolute atomic E-state index is 2.56. The van der Waals surface area contributed by atoms with Gasteiger partial charge in [-0.05, 0) is 41.5 Å². The van der Waals surface area contributed by atoms with Crippen molar-refractivity contribution in [3.63, 3.8) is 0 Å². The van der Waals surface area contributed by atoms with E-state index in [1.165, 1.54) is 22.3 Å². The van der Waals surface area contributed by atoms with Crippen LogP contribution in [0.15, 0.2) is 47.5 Å². The molecule has 31 heavy (non-hydrogen) atoms. The van der Waals surface area contributed by atoms with Crippen LogP contribution in [0.1, 0.15) is 61.8 Å². The highest BCUT2D eigenvalue weighted by molar-refractivity contribution is 6.89. The molecular formula is C29H40Si2. The van der Waals surface area contributed by atoms with E-state index in [2.05, 4.69) is 116 Å². The lowest BCUT2D eigenvalue weighted by atomic mass is 9.62. The van der Waals surface area contributed by atoms with Crippen molar-refractivity contribution < 1.29 is 0 Å². The van der Waals surface area contributed by atoms with Crippen molar-refractivity contribution in [1.29, 1.82) is 0 Å². The number of hydrogen-bond donors (Lipinski definition) is 0. The fourth-order valence-corrected chi connectivity index (χ4v) is 8.48. The van der Waals surface area contributed by atoms with Gasteiger partial charge in [0.1, 0.15) is 0 Å². The summed E-state index contributed by atoms with van der Waals surface area (Å²) in [6.45, 7) is 24.5. The third-order valence-corrected chi connectivity index (χ3v) is 11.8. The van der Waals surface area contributed by atoms with Crippen LogP contribution in [0.4, 0.5) is 0 Å². The molecule has 2 aromatic rings. The fourth-order valence-electron chi connectivity index (χ4n) is 6.14. The third kappa shape index (κ3) is 3.76. The Labute approximate surface area is 192 Å². The molecular weight excluding hydrogens is 404 g/mol. The van der Waals surface area contributed by atoms with Gasteiger partial charge < -0.3 is 0 Å². The molecule has 0 saturated heterocycles. The fraction of sp³-hybridized carbons (Fsp3) is 0.448. The highest BCUT2D eigenvalue weighted by Crippen LogP contribution is 2.57. The minimum absolute atomic E-state index is 0.119. The summed E-state index contributed by atoms with van der Waals surface area (Å²) >= 11 is 0. The van der Waals surface area contributed by atoms with Crippen LogP contribution >= 0.6 is 0 Å². The number of hydrogen-bond acceptors (Lipinski definition) is 0. The van der Waals surface area contributed by atoms with Crippen molar-refractivity contribution in [3.8, 4) is 0 Å². The lowest BCUT2D eigenvalue weighted by Gasteiger charge is -2.41. The summed E-state index contributed by atoms with van der Waals surface area (Å²) in [7, 11) is -2.70. The maximum atomic E-state index is 2.56. The van der Waals surface area contributed by atoms with E-state index < -0.39 is 16.1 Å². The van der Waals surface area contributed by atoms with Crippen molar-refractivity contribution in [2.45, 2.75) is 78.8 Å². The maximum Gasteiger partial charge on any atom is 0.0776 e. The molecule has 0 nitrogen and oxygen atoms in total. The summed E-state index contributed by atoms with van der Waals surface area (Å²) in [5, 5.41) is 3.16. The van der Waals surface area contributed by atoms with Crippen molar-refractivity contribution in [2.24, 2.45) is 5.41 Å². The first-order valence-electron chi connectivity index (χ1n) is 11.9. The topological polar surface area (TPSA) is 0 Å². The Bertz CT molecular complexity index is 1010. The summed E-state index contributed by atoms with van der Waals surface area (Å²) in [5.41, 5.74) is 9.16. The summed E-state index contributed by atoms with van der Waals surface area (Å²) < 4.78 is 0. The molecule has 0 heterocycles. The Morgan fingerprint density at radius 3 is 1.29 bits per heavy atom. The molecule has 2 aliphatic carbocycles.